The van der Waals surface area contributed by atoms with E-state index >= 15 is 0 Å². The van der Waals surface area contributed by atoms with Crippen molar-refractivity contribution in [3.63, 3.8) is 0 Å². The minimum absolute atomic E-state index is 0.00519. The van der Waals surface area contributed by atoms with Crippen molar-refractivity contribution in [2.45, 2.75) is 26.0 Å². The Kier molecular flexibility index (Phi) is 4.27. The smallest absolute Gasteiger partial charge is 0.239 e. The number of hydrogen-bond acceptors (Lipinski definition) is 4. The third-order valence-electron chi connectivity index (χ3n) is 3.39. The van der Waals surface area contributed by atoms with Gasteiger partial charge in [0.25, 0.3) is 0 Å². The highest BCUT2D eigenvalue weighted by Gasteiger charge is 2.25. The Hall–Kier alpha value is -1.75. The van der Waals surface area contributed by atoms with Crippen molar-refractivity contribution in [3.8, 4) is 5.75 Å². The zero-order valence-electron chi connectivity index (χ0n) is 11.5. The highest BCUT2D eigenvalue weighted by molar-refractivity contribution is 5.82. The van der Waals surface area contributed by atoms with E-state index in [0.717, 1.165) is 30.0 Å². The molecule has 1 aromatic rings. The molecule has 0 aromatic heterocycles. The van der Waals surface area contributed by atoms with E-state index in [1.54, 1.807) is 7.05 Å². The molecule has 0 bridgehead atoms. The Morgan fingerprint density at radius 1 is 1.58 bits per heavy atom. The number of likely N-dealkylation sites (N-methyl/N-ethyl adjacent to an activating group) is 1. The first-order valence-corrected chi connectivity index (χ1v) is 6.63. The molecule has 1 amide bonds. The van der Waals surface area contributed by atoms with Crippen molar-refractivity contribution in [2.24, 2.45) is 5.73 Å². The van der Waals surface area contributed by atoms with Crippen LogP contribution in [0.4, 0.5) is 5.69 Å². The van der Waals surface area contributed by atoms with Crippen LogP contribution in [0, 0.1) is 0 Å². The Balaban J connectivity index is 2.28. The highest BCUT2D eigenvalue weighted by Crippen LogP contribution is 2.34. The molecular formula is C14H21N3O2. The average molecular weight is 263 g/mol. The van der Waals surface area contributed by atoms with Crippen molar-refractivity contribution < 1.29 is 9.53 Å². The normalized spacial score (nSPS) is 17.6. The molecule has 104 valence electrons. The van der Waals surface area contributed by atoms with Crippen molar-refractivity contribution in [3.05, 3.63) is 23.8 Å². The summed E-state index contributed by atoms with van der Waals surface area (Å²) in [5.74, 6) is 0.829. The van der Waals surface area contributed by atoms with E-state index in [4.69, 9.17) is 10.5 Å². The summed E-state index contributed by atoms with van der Waals surface area (Å²) < 4.78 is 5.94. The highest BCUT2D eigenvalue weighted by atomic mass is 16.5. The number of nitrogens with two attached hydrogens (primary N) is 1. The molecule has 5 nitrogen and oxygen atoms in total. The molecule has 3 N–H and O–H groups in total. The van der Waals surface area contributed by atoms with Crippen LogP contribution in [0.1, 0.15) is 18.9 Å². The third kappa shape index (κ3) is 2.98. The van der Waals surface area contributed by atoms with Crippen LogP contribution in [-0.4, -0.2) is 32.1 Å². The fraction of sp³-hybridized carbons (Fsp3) is 0.500. The number of rotatable bonds is 4. The summed E-state index contributed by atoms with van der Waals surface area (Å²) in [7, 11) is 1.65. The predicted octanol–water partition coefficient (Wildman–Crippen LogP) is 0.869. The molecule has 19 heavy (non-hydrogen) atoms. The van der Waals surface area contributed by atoms with Gasteiger partial charge >= 0.3 is 0 Å². The van der Waals surface area contributed by atoms with Gasteiger partial charge in [-0.05, 0) is 24.1 Å². The topological polar surface area (TPSA) is 67.6 Å². The molecule has 5 heteroatoms. The van der Waals surface area contributed by atoms with Gasteiger partial charge in [-0.15, -0.1) is 0 Å². The quantitative estimate of drug-likeness (QED) is 0.846. The third-order valence-corrected chi connectivity index (χ3v) is 3.39. The molecule has 1 aliphatic heterocycles. The van der Waals surface area contributed by atoms with Crippen LogP contribution in [0.2, 0.25) is 0 Å². The minimum Gasteiger partial charge on any atom is -0.486 e. The maximum atomic E-state index is 11.6. The summed E-state index contributed by atoms with van der Waals surface area (Å²) in [6.45, 7) is 3.66. The van der Waals surface area contributed by atoms with Crippen molar-refractivity contribution in [2.75, 3.05) is 25.0 Å². The van der Waals surface area contributed by atoms with Gasteiger partial charge in [0.15, 0.2) is 0 Å². The number of nitrogens with zero attached hydrogens (tertiary/aromatic N) is 1. The van der Waals surface area contributed by atoms with Gasteiger partial charge in [-0.2, -0.15) is 0 Å². The molecule has 0 fully saturated rings. The van der Waals surface area contributed by atoms with Gasteiger partial charge in [0.2, 0.25) is 5.91 Å². The van der Waals surface area contributed by atoms with Gasteiger partial charge < -0.3 is 20.7 Å². The lowest BCUT2D eigenvalue weighted by atomic mass is 10.1. The number of hydrogen-bond donors (Lipinski definition) is 2. The monoisotopic (exact) mass is 263 g/mol. The Labute approximate surface area is 113 Å². The number of nitrogens with one attached hydrogen (secondary N) is 1. The van der Waals surface area contributed by atoms with E-state index in [0.29, 0.717) is 13.1 Å². The molecule has 2 rings (SSSR count). The van der Waals surface area contributed by atoms with Gasteiger partial charge in [0.1, 0.15) is 11.9 Å². The van der Waals surface area contributed by atoms with Gasteiger partial charge in [-0.3, -0.25) is 4.79 Å². The summed E-state index contributed by atoms with van der Waals surface area (Å²) in [6, 6.07) is 5.92. The molecule has 0 aliphatic carbocycles. The lowest BCUT2D eigenvalue weighted by molar-refractivity contribution is -0.119. The zero-order valence-corrected chi connectivity index (χ0v) is 11.5. The van der Waals surface area contributed by atoms with Crippen LogP contribution in [0.3, 0.4) is 0 Å². The number of carbonyl (C=O) groups excluding carboxylic acids is 1. The van der Waals surface area contributed by atoms with E-state index in [-0.39, 0.29) is 12.0 Å². The fourth-order valence-corrected chi connectivity index (χ4v) is 2.22. The first-order chi connectivity index (χ1) is 9.17. The largest absolute Gasteiger partial charge is 0.486 e. The van der Waals surface area contributed by atoms with E-state index in [9.17, 15) is 4.79 Å². The van der Waals surface area contributed by atoms with Gasteiger partial charge in [0.05, 0.1) is 18.8 Å². The summed E-state index contributed by atoms with van der Waals surface area (Å²) in [5, 5.41) is 2.66. The number of ether oxygens (including phenoxy) is 1. The molecule has 0 saturated heterocycles. The lowest BCUT2D eigenvalue weighted by Crippen LogP contribution is -2.44. The molecule has 1 aliphatic rings. The first kappa shape index (κ1) is 13.7. The molecular weight excluding hydrogens is 242 g/mol. The van der Waals surface area contributed by atoms with Crippen molar-refractivity contribution >= 4 is 11.6 Å². The molecule has 0 radical (unpaired) electrons. The Morgan fingerprint density at radius 3 is 3.00 bits per heavy atom. The number of benzene rings is 1. The Bertz CT molecular complexity index is 462. The Morgan fingerprint density at radius 2 is 2.37 bits per heavy atom. The zero-order chi connectivity index (χ0) is 13.8. The van der Waals surface area contributed by atoms with Crippen molar-refractivity contribution in [1.82, 2.24) is 5.32 Å². The van der Waals surface area contributed by atoms with Gasteiger partial charge in [0, 0.05) is 13.6 Å². The van der Waals surface area contributed by atoms with Crippen molar-refractivity contribution in [1.29, 1.82) is 0 Å². The van der Waals surface area contributed by atoms with E-state index in [1.165, 1.54) is 0 Å². The summed E-state index contributed by atoms with van der Waals surface area (Å²) >= 11 is 0. The van der Waals surface area contributed by atoms with E-state index in [2.05, 4.69) is 17.1 Å². The SMILES string of the molecule is CCC1CN(CC(=O)NC)c2ccc(CN)cc2O1. The fourth-order valence-electron chi connectivity index (χ4n) is 2.22. The van der Waals surface area contributed by atoms with E-state index in [1.807, 2.05) is 18.2 Å². The molecule has 0 spiro atoms. The van der Waals surface area contributed by atoms with Crippen LogP contribution >= 0.6 is 0 Å². The maximum absolute atomic E-state index is 11.6. The number of amides is 1. The lowest BCUT2D eigenvalue weighted by Gasteiger charge is -2.35. The number of carbonyl (C=O) groups is 1. The first-order valence-electron chi connectivity index (χ1n) is 6.63. The van der Waals surface area contributed by atoms with Crippen LogP contribution in [-0.2, 0) is 11.3 Å². The van der Waals surface area contributed by atoms with Crippen LogP contribution in [0.5, 0.6) is 5.75 Å². The number of fused-ring (bicyclic) bond motifs is 1. The second-order valence-electron chi connectivity index (χ2n) is 4.71. The molecule has 0 saturated carbocycles. The molecule has 1 aromatic carbocycles. The summed E-state index contributed by atoms with van der Waals surface area (Å²) in [6.07, 6.45) is 1.03. The standard InChI is InChI=1S/C14H21N3O2/c1-3-11-8-17(9-14(18)16-2)12-5-4-10(7-15)6-13(12)19-11/h4-6,11H,3,7-9,15H2,1-2H3,(H,16,18). The van der Waals surface area contributed by atoms with Crippen LogP contribution in [0.25, 0.3) is 0 Å². The average Bonchev–Trinajstić information content (AvgIpc) is 2.45. The number of anilines is 1. The second-order valence-corrected chi connectivity index (χ2v) is 4.71. The maximum Gasteiger partial charge on any atom is 0.239 e. The van der Waals surface area contributed by atoms with E-state index < -0.39 is 0 Å². The van der Waals surface area contributed by atoms with Crippen LogP contribution < -0.4 is 20.7 Å². The van der Waals surface area contributed by atoms with Gasteiger partial charge in [-0.25, -0.2) is 0 Å². The second kappa shape index (κ2) is 5.93. The molecule has 1 heterocycles. The predicted molar refractivity (Wildman–Crippen MR) is 75.3 cm³/mol. The minimum atomic E-state index is 0.00519. The summed E-state index contributed by atoms with van der Waals surface area (Å²) in [5.41, 5.74) is 7.65. The molecule has 1 atom stereocenters. The van der Waals surface area contributed by atoms with Gasteiger partial charge in [-0.1, -0.05) is 13.0 Å². The van der Waals surface area contributed by atoms with Crippen LogP contribution in [0.15, 0.2) is 18.2 Å². The molecule has 1 unspecified atom stereocenters. The summed E-state index contributed by atoms with van der Waals surface area (Å²) in [4.78, 5) is 13.7.